The fourth-order valence-corrected chi connectivity index (χ4v) is 2.36. The van der Waals surface area contributed by atoms with E-state index in [9.17, 15) is 14.3 Å². The molecule has 1 N–H and O–H groups in total. The SMILES string of the molecule is Cn1c(=O)oc2cc(C(O)Cc3cccc(F)c3)ccc21. The van der Waals surface area contributed by atoms with Crippen LogP contribution in [-0.2, 0) is 13.5 Å². The molecule has 1 aromatic heterocycles. The second-order valence-corrected chi connectivity index (χ2v) is 5.00. The van der Waals surface area contributed by atoms with Crippen LogP contribution in [0.4, 0.5) is 4.39 Å². The number of hydrogen-bond donors (Lipinski definition) is 1. The highest BCUT2D eigenvalue weighted by atomic mass is 19.1. The first kappa shape index (κ1) is 13.6. The first-order chi connectivity index (χ1) is 10.0. The normalized spacial score (nSPS) is 12.7. The van der Waals surface area contributed by atoms with Gasteiger partial charge in [0.1, 0.15) is 5.82 Å². The topological polar surface area (TPSA) is 55.4 Å². The second-order valence-electron chi connectivity index (χ2n) is 5.00. The zero-order chi connectivity index (χ0) is 15.0. The van der Waals surface area contributed by atoms with Crippen molar-refractivity contribution in [1.82, 2.24) is 4.57 Å². The van der Waals surface area contributed by atoms with Gasteiger partial charge in [0.25, 0.3) is 0 Å². The predicted molar refractivity (Wildman–Crippen MR) is 76.5 cm³/mol. The summed E-state index contributed by atoms with van der Waals surface area (Å²) in [6.45, 7) is 0. The van der Waals surface area contributed by atoms with E-state index in [1.165, 1.54) is 16.7 Å². The molecule has 5 heteroatoms. The summed E-state index contributed by atoms with van der Waals surface area (Å²) in [6.07, 6.45) is -0.498. The molecule has 4 nitrogen and oxygen atoms in total. The summed E-state index contributed by atoms with van der Waals surface area (Å²) < 4.78 is 19.6. The molecule has 108 valence electrons. The Morgan fingerprint density at radius 1 is 1.29 bits per heavy atom. The van der Waals surface area contributed by atoms with E-state index in [1.54, 1.807) is 37.4 Å². The number of oxazole rings is 1. The van der Waals surface area contributed by atoms with Crippen LogP contribution in [0.3, 0.4) is 0 Å². The molecule has 0 fully saturated rings. The number of aryl methyl sites for hydroxylation is 1. The highest BCUT2D eigenvalue weighted by molar-refractivity contribution is 5.73. The lowest BCUT2D eigenvalue weighted by atomic mass is 10.0. The van der Waals surface area contributed by atoms with Crippen molar-refractivity contribution in [2.45, 2.75) is 12.5 Å². The molecule has 2 aromatic carbocycles. The summed E-state index contributed by atoms with van der Waals surface area (Å²) in [5.41, 5.74) is 2.43. The van der Waals surface area contributed by atoms with Gasteiger partial charge < -0.3 is 9.52 Å². The molecule has 0 aliphatic heterocycles. The third-order valence-corrected chi connectivity index (χ3v) is 3.52. The lowest BCUT2D eigenvalue weighted by Crippen LogP contribution is -2.08. The Morgan fingerprint density at radius 3 is 2.86 bits per heavy atom. The fourth-order valence-electron chi connectivity index (χ4n) is 2.36. The van der Waals surface area contributed by atoms with Gasteiger partial charge in [0.05, 0.1) is 11.6 Å². The molecule has 0 saturated carbocycles. The van der Waals surface area contributed by atoms with Crippen LogP contribution in [0.1, 0.15) is 17.2 Å². The third-order valence-electron chi connectivity index (χ3n) is 3.52. The maximum Gasteiger partial charge on any atom is 0.419 e. The maximum absolute atomic E-state index is 13.1. The van der Waals surface area contributed by atoms with Gasteiger partial charge in [0.2, 0.25) is 0 Å². The lowest BCUT2D eigenvalue weighted by molar-refractivity contribution is 0.178. The van der Waals surface area contributed by atoms with Gasteiger partial charge in [-0.3, -0.25) is 4.57 Å². The monoisotopic (exact) mass is 287 g/mol. The summed E-state index contributed by atoms with van der Waals surface area (Å²) in [5, 5.41) is 10.3. The number of aliphatic hydroxyl groups excluding tert-OH is 1. The molecule has 0 amide bonds. The van der Waals surface area contributed by atoms with Gasteiger partial charge >= 0.3 is 5.76 Å². The molecule has 0 bridgehead atoms. The number of rotatable bonds is 3. The van der Waals surface area contributed by atoms with Crippen molar-refractivity contribution >= 4 is 11.1 Å². The average Bonchev–Trinajstić information content (AvgIpc) is 2.73. The van der Waals surface area contributed by atoms with E-state index in [0.29, 0.717) is 28.6 Å². The van der Waals surface area contributed by atoms with Gasteiger partial charge in [0.15, 0.2) is 5.58 Å². The summed E-state index contributed by atoms with van der Waals surface area (Å²) in [6, 6.07) is 11.2. The first-order valence-electron chi connectivity index (χ1n) is 6.56. The van der Waals surface area contributed by atoms with Gasteiger partial charge in [-0.2, -0.15) is 0 Å². The van der Waals surface area contributed by atoms with E-state index in [2.05, 4.69) is 0 Å². The first-order valence-corrected chi connectivity index (χ1v) is 6.56. The number of nitrogens with zero attached hydrogens (tertiary/aromatic N) is 1. The minimum absolute atomic E-state index is 0.292. The van der Waals surface area contributed by atoms with Gasteiger partial charge in [0, 0.05) is 13.5 Å². The molecule has 0 aliphatic rings. The van der Waals surface area contributed by atoms with E-state index in [0.717, 1.165) is 0 Å². The fraction of sp³-hybridized carbons (Fsp3) is 0.188. The number of halogens is 1. The van der Waals surface area contributed by atoms with Crippen LogP contribution in [0.2, 0.25) is 0 Å². The zero-order valence-electron chi connectivity index (χ0n) is 11.4. The van der Waals surface area contributed by atoms with E-state index in [1.807, 2.05) is 0 Å². The van der Waals surface area contributed by atoms with Crippen LogP contribution in [0.5, 0.6) is 0 Å². The molecule has 1 unspecified atom stereocenters. The molecule has 21 heavy (non-hydrogen) atoms. The molecule has 3 aromatic rings. The summed E-state index contributed by atoms with van der Waals surface area (Å²) in [4.78, 5) is 11.4. The summed E-state index contributed by atoms with van der Waals surface area (Å²) >= 11 is 0. The van der Waals surface area contributed by atoms with Crippen LogP contribution < -0.4 is 5.76 Å². The van der Waals surface area contributed by atoms with Crippen LogP contribution >= 0.6 is 0 Å². The zero-order valence-corrected chi connectivity index (χ0v) is 11.4. The largest absolute Gasteiger partial charge is 0.419 e. The van der Waals surface area contributed by atoms with Crippen LogP contribution in [-0.4, -0.2) is 9.67 Å². The smallest absolute Gasteiger partial charge is 0.408 e. The Kier molecular flexibility index (Phi) is 3.35. The van der Waals surface area contributed by atoms with Gasteiger partial charge in [-0.05, 0) is 35.4 Å². The molecule has 1 atom stereocenters. The third kappa shape index (κ3) is 2.60. The van der Waals surface area contributed by atoms with Crippen molar-refractivity contribution < 1.29 is 13.9 Å². The number of aliphatic hydroxyl groups is 1. The van der Waals surface area contributed by atoms with E-state index < -0.39 is 11.9 Å². The van der Waals surface area contributed by atoms with E-state index in [-0.39, 0.29) is 5.82 Å². The molecule has 0 spiro atoms. The molecule has 0 radical (unpaired) electrons. The highest BCUT2D eigenvalue weighted by Crippen LogP contribution is 2.22. The summed E-state index contributed by atoms with van der Waals surface area (Å²) in [7, 11) is 1.62. The van der Waals surface area contributed by atoms with Crippen LogP contribution in [0.15, 0.2) is 51.7 Å². The highest BCUT2D eigenvalue weighted by Gasteiger charge is 2.13. The van der Waals surface area contributed by atoms with Crippen molar-refractivity contribution in [3.63, 3.8) is 0 Å². The number of hydrogen-bond acceptors (Lipinski definition) is 3. The van der Waals surface area contributed by atoms with E-state index >= 15 is 0 Å². The lowest BCUT2D eigenvalue weighted by Gasteiger charge is -2.11. The standard InChI is InChI=1S/C16H14FNO3/c1-18-13-6-5-11(9-15(13)21-16(18)20)14(19)8-10-3-2-4-12(17)7-10/h2-7,9,14,19H,8H2,1H3. The van der Waals surface area contributed by atoms with Gasteiger partial charge in [-0.15, -0.1) is 0 Å². The molecule has 3 rings (SSSR count). The minimum Gasteiger partial charge on any atom is -0.408 e. The van der Waals surface area contributed by atoms with Crippen LogP contribution in [0, 0.1) is 5.82 Å². The van der Waals surface area contributed by atoms with Crippen molar-refractivity contribution in [2.24, 2.45) is 7.05 Å². The number of aromatic nitrogens is 1. The Morgan fingerprint density at radius 2 is 2.10 bits per heavy atom. The summed E-state index contributed by atoms with van der Waals surface area (Å²) in [5.74, 6) is -0.772. The van der Waals surface area contributed by atoms with Crippen molar-refractivity contribution in [3.8, 4) is 0 Å². The Bertz CT molecular complexity index is 850. The number of fused-ring (bicyclic) bond motifs is 1. The molecular formula is C16H14FNO3. The molecule has 0 saturated heterocycles. The maximum atomic E-state index is 13.1. The number of benzene rings is 2. The quantitative estimate of drug-likeness (QED) is 0.805. The van der Waals surface area contributed by atoms with Crippen LogP contribution in [0.25, 0.3) is 11.1 Å². The molecular weight excluding hydrogens is 273 g/mol. The molecule has 1 heterocycles. The second kappa shape index (κ2) is 5.18. The van der Waals surface area contributed by atoms with Crippen molar-refractivity contribution in [3.05, 3.63) is 70.0 Å². The van der Waals surface area contributed by atoms with E-state index in [4.69, 9.17) is 4.42 Å². The average molecular weight is 287 g/mol. The Balaban J connectivity index is 1.91. The minimum atomic E-state index is -0.790. The van der Waals surface area contributed by atoms with Gasteiger partial charge in [-0.1, -0.05) is 18.2 Å². The van der Waals surface area contributed by atoms with Gasteiger partial charge in [-0.25, -0.2) is 9.18 Å². The Hall–Kier alpha value is -2.40. The molecule has 0 aliphatic carbocycles. The van der Waals surface area contributed by atoms with Crippen molar-refractivity contribution in [2.75, 3.05) is 0 Å². The van der Waals surface area contributed by atoms with Crippen molar-refractivity contribution in [1.29, 1.82) is 0 Å². The predicted octanol–water partition coefficient (Wildman–Crippen LogP) is 2.55. The Labute approximate surface area is 120 Å².